The summed E-state index contributed by atoms with van der Waals surface area (Å²) in [6.45, 7) is 5.25. The molecule has 0 aliphatic carbocycles. The van der Waals surface area contributed by atoms with Gasteiger partial charge in [0.05, 0.1) is 26.4 Å². The Hall–Kier alpha value is -0.120. The Morgan fingerprint density at radius 1 is 0.579 bits per heavy atom. The van der Waals surface area contributed by atoms with Gasteiger partial charge in [-0.15, -0.1) is 0 Å². The third kappa shape index (κ3) is 27.2. The first-order valence-corrected chi connectivity index (χ1v) is 8.12. The Bertz CT molecular complexity index is 115. The van der Waals surface area contributed by atoms with E-state index in [0.29, 0.717) is 13.2 Å². The molecule has 0 unspecified atom stereocenters. The molecule has 0 aromatic carbocycles. The third-order valence-corrected chi connectivity index (χ3v) is 2.93. The van der Waals surface area contributed by atoms with Gasteiger partial charge in [-0.25, -0.2) is 0 Å². The molecule has 2 N–H and O–H groups in total. The molecular weight excluding hydrogens is 240 g/mol. The van der Waals surface area contributed by atoms with Crippen molar-refractivity contribution >= 4 is 0 Å². The van der Waals surface area contributed by atoms with Crippen LogP contribution >= 0.6 is 0 Å². The number of rotatable bonds is 13. The molecule has 0 heterocycles. The maximum absolute atomic E-state index is 8.09. The van der Waals surface area contributed by atoms with Crippen LogP contribution in [0.25, 0.3) is 0 Å². The van der Waals surface area contributed by atoms with Crippen molar-refractivity contribution in [2.75, 3.05) is 26.4 Å². The molecule has 0 aromatic heterocycles. The van der Waals surface area contributed by atoms with Crippen LogP contribution < -0.4 is 0 Å². The van der Waals surface area contributed by atoms with Crippen LogP contribution in [0.5, 0.6) is 0 Å². The average molecular weight is 276 g/mol. The first-order chi connectivity index (χ1) is 9.33. The van der Waals surface area contributed by atoms with E-state index in [-0.39, 0.29) is 13.2 Å². The van der Waals surface area contributed by atoms with Gasteiger partial charge in [-0.2, -0.15) is 0 Å². The van der Waals surface area contributed by atoms with Crippen molar-refractivity contribution < 1.29 is 14.9 Å². The third-order valence-electron chi connectivity index (χ3n) is 2.93. The molecule has 3 heteroatoms. The van der Waals surface area contributed by atoms with E-state index in [1.807, 2.05) is 0 Å². The molecular formula is C16H36O3. The molecule has 0 bridgehead atoms. The van der Waals surface area contributed by atoms with Crippen molar-refractivity contribution in [1.82, 2.24) is 0 Å². The first kappa shape index (κ1) is 21.2. The molecule has 19 heavy (non-hydrogen) atoms. The Morgan fingerprint density at radius 3 is 1.16 bits per heavy atom. The van der Waals surface area contributed by atoms with Gasteiger partial charge in [-0.1, -0.05) is 78.1 Å². The number of aliphatic hydroxyl groups is 2. The molecule has 0 radical (unpaired) electrons. The van der Waals surface area contributed by atoms with Crippen LogP contribution in [0.3, 0.4) is 0 Å². The summed E-state index contributed by atoms with van der Waals surface area (Å²) in [5.74, 6) is 0. The summed E-state index contributed by atoms with van der Waals surface area (Å²) in [7, 11) is 0. The van der Waals surface area contributed by atoms with Crippen LogP contribution in [0.2, 0.25) is 0 Å². The quantitative estimate of drug-likeness (QED) is 0.501. The predicted molar refractivity (Wildman–Crippen MR) is 82.5 cm³/mol. The van der Waals surface area contributed by atoms with E-state index in [4.69, 9.17) is 10.2 Å². The minimum atomic E-state index is 0.0278. The monoisotopic (exact) mass is 276 g/mol. The minimum absolute atomic E-state index is 0.0278. The molecule has 0 atom stereocenters. The van der Waals surface area contributed by atoms with Crippen LogP contribution in [0.4, 0.5) is 0 Å². The fourth-order valence-electron chi connectivity index (χ4n) is 1.79. The summed E-state index contributed by atoms with van der Waals surface area (Å²) in [6.07, 6.45) is 14.4. The zero-order valence-corrected chi connectivity index (χ0v) is 13.2. The van der Waals surface area contributed by atoms with E-state index in [1.54, 1.807) is 0 Å². The molecule has 0 aliphatic rings. The van der Waals surface area contributed by atoms with Crippen LogP contribution in [-0.2, 0) is 4.74 Å². The second-order valence-electron chi connectivity index (χ2n) is 4.89. The average Bonchev–Trinajstić information content (AvgIpc) is 2.43. The van der Waals surface area contributed by atoms with Crippen molar-refractivity contribution in [3.63, 3.8) is 0 Å². The number of unbranched alkanes of at least 4 members (excludes halogenated alkanes) is 9. The SMILES string of the molecule is CCCCCCCCCCCC.OCCOCCO. The van der Waals surface area contributed by atoms with Crippen LogP contribution in [-0.4, -0.2) is 36.6 Å². The predicted octanol–water partition coefficient (Wildman–Crippen LogP) is 3.91. The summed E-state index contributed by atoms with van der Waals surface area (Å²) in [6, 6.07) is 0. The van der Waals surface area contributed by atoms with E-state index >= 15 is 0 Å². The number of hydrogen-bond acceptors (Lipinski definition) is 3. The molecule has 0 aromatic rings. The second-order valence-corrected chi connectivity index (χ2v) is 4.89. The van der Waals surface area contributed by atoms with Crippen molar-refractivity contribution in [2.45, 2.75) is 78.1 Å². The number of aliphatic hydroxyl groups excluding tert-OH is 2. The van der Waals surface area contributed by atoms with Crippen LogP contribution in [0.1, 0.15) is 78.1 Å². The van der Waals surface area contributed by atoms with Gasteiger partial charge in [-0.3, -0.25) is 0 Å². The topological polar surface area (TPSA) is 49.7 Å². The molecule has 0 amide bonds. The van der Waals surface area contributed by atoms with Gasteiger partial charge < -0.3 is 14.9 Å². The van der Waals surface area contributed by atoms with E-state index < -0.39 is 0 Å². The highest BCUT2D eigenvalue weighted by molar-refractivity contribution is 4.45. The molecule has 118 valence electrons. The van der Waals surface area contributed by atoms with Gasteiger partial charge in [0.2, 0.25) is 0 Å². The molecule has 0 spiro atoms. The molecule has 0 saturated carbocycles. The fourth-order valence-corrected chi connectivity index (χ4v) is 1.79. The summed E-state index contributed by atoms with van der Waals surface area (Å²) in [5.41, 5.74) is 0. The number of hydrogen-bond donors (Lipinski definition) is 2. The summed E-state index contributed by atoms with van der Waals surface area (Å²) < 4.78 is 4.63. The molecule has 3 nitrogen and oxygen atoms in total. The first-order valence-electron chi connectivity index (χ1n) is 8.12. The number of ether oxygens (including phenoxy) is 1. The zero-order valence-electron chi connectivity index (χ0n) is 13.2. The Balaban J connectivity index is 0. The van der Waals surface area contributed by atoms with Gasteiger partial charge >= 0.3 is 0 Å². The molecule has 0 rings (SSSR count). The van der Waals surface area contributed by atoms with Crippen molar-refractivity contribution in [2.24, 2.45) is 0 Å². The van der Waals surface area contributed by atoms with Crippen LogP contribution in [0.15, 0.2) is 0 Å². The molecule has 0 saturated heterocycles. The lowest BCUT2D eigenvalue weighted by Gasteiger charge is -1.99. The van der Waals surface area contributed by atoms with Crippen molar-refractivity contribution in [1.29, 1.82) is 0 Å². The summed E-state index contributed by atoms with van der Waals surface area (Å²) in [4.78, 5) is 0. The highest BCUT2D eigenvalue weighted by Gasteiger charge is 1.90. The van der Waals surface area contributed by atoms with E-state index in [9.17, 15) is 0 Å². The normalized spacial score (nSPS) is 10.1. The zero-order chi connectivity index (χ0) is 14.6. The largest absolute Gasteiger partial charge is 0.394 e. The maximum Gasteiger partial charge on any atom is 0.0698 e. The lowest BCUT2D eigenvalue weighted by molar-refractivity contribution is 0.0650. The summed E-state index contributed by atoms with van der Waals surface area (Å²) in [5, 5.41) is 16.2. The van der Waals surface area contributed by atoms with E-state index in [2.05, 4.69) is 18.6 Å². The van der Waals surface area contributed by atoms with Crippen LogP contribution in [0, 0.1) is 0 Å². The fraction of sp³-hybridized carbons (Fsp3) is 1.00. The lowest BCUT2D eigenvalue weighted by atomic mass is 10.1. The molecule has 0 fully saturated rings. The van der Waals surface area contributed by atoms with Gasteiger partial charge in [-0.05, 0) is 0 Å². The van der Waals surface area contributed by atoms with E-state index in [0.717, 1.165) is 0 Å². The van der Waals surface area contributed by atoms with Crippen molar-refractivity contribution in [3.8, 4) is 0 Å². The van der Waals surface area contributed by atoms with E-state index in [1.165, 1.54) is 64.2 Å². The Morgan fingerprint density at radius 2 is 0.895 bits per heavy atom. The summed E-state index contributed by atoms with van der Waals surface area (Å²) >= 11 is 0. The van der Waals surface area contributed by atoms with Crippen molar-refractivity contribution in [3.05, 3.63) is 0 Å². The lowest BCUT2D eigenvalue weighted by Crippen LogP contribution is -2.03. The Labute approximate surface area is 120 Å². The minimum Gasteiger partial charge on any atom is -0.394 e. The van der Waals surface area contributed by atoms with Gasteiger partial charge in [0.15, 0.2) is 0 Å². The smallest absolute Gasteiger partial charge is 0.0698 e. The molecule has 0 aliphatic heterocycles. The Kier molecular flexibility index (Phi) is 25.7. The van der Waals surface area contributed by atoms with Gasteiger partial charge in [0, 0.05) is 0 Å². The maximum atomic E-state index is 8.09. The second kappa shape index (κ2) is 23.0. The van der Waals surface area contributed by atoms with Gasteiger partial charge in [0.1, 0.15) is 0 Å². The van der Waals surface area contributed by atoms with Gasteiger partial charge in [0.25, 0.3) is 0 Å². The standard InChI is InChI=1S/C12H26.C4H10O3/c1-3-5-7-9-11-12-10-8-6-4-2;5-1-3-7-4-2-6/h3-12H2,1-2H3;5-6H,1-4H2. The highest BCUT2D eigenvalue weighted by Crippen LogP contribution is 2.09. The highest BCUT2D eigenvalue weighted by atomic mass is 16.5.